The van der Waals surface area contributed by atoms with E-state index in [0.29, 0.717) is 0 Å². The Morgan fingerprint density at radius 2 is 0.846 bits per heavy atom. The van der Waals surface area contributed by atoms with E-state index < -0.39 is 23.5 Å². The second-order valence-corrected chi connectivity index (χ2v) is 1.69. The van der Waals surface area contributed by atoms with Crippen molar-refractivity contribution in [2.75, 3.05) is 0 Å². The first-order chi connectivity index (χ1) is 5.29. The van der Waals surface area contributed by atoms with Gasteiger partial charge in [-0.05, 0) is 0 Å². The Morgan fingerprint density at radius 3 is 0.846 bits per heavy atom. The number of Topliss-reactive ketones (excluding diaryl/α,β-unsaturated/α-hetero) is 2. The van der Waals surface area contributed by atoms with Gasteiger partial charge in [0.15, 0.2) is 11.6 Å². The molecule has 0 aromatic rings. The fourth-order valence-corrected chi connectivity index (χ4v) is 0. The molecule has 7 heteroatoms. The quantitative estimate of drug-likeness (QED) is 0.359. The third-order valence-corrected chi connectivity index (χ3v) is 0.575. The molecule has 0 N–H and O–H groups in total. The maximum absolute atomic E-state index is 9.48. The first kappa shape index (κ1) is 18.1. The topological polar surface area (TPSA) is 114 Å². The Labute approximate surface area is 94.1 Å². The molecule has 13 heavy (non-hydrogen) atoms. The van der Waals surface area contributed by atoms with E-state index in [0.717, 1.165) is 13.8 Å². The van der Waals surface area contributed by atoms with Crippen LogP contribution in [0.15, 0.2) is 0 Å². The van der Waals surface area contributed by atoms with Crippen molar-refractivity contribution >= 4 is 50.8 Å². The number of hydrogen-bond acceptors (Lipinski definition) is 6. The van der Waals surface area contributed by atoms with Gasteiger partial charge >= 0.3 is 27.3 Å². The molecule has 0 aromatic carbocycles. The van der Waals surface area contributed by atoms with E-state index in [9.17, 15) is 29.4 Å². The molecule has 0 heterocycles. The summed E-state index contributed by atoms with van der Waals surface area (Å²) < 4.78 is 0. The summed E-state index contributed by atoms with van der Waals surface area (Å²) in [5.41, 5.74) is 0. The van der Waals surface area contributed by atoms with Gasteiger partial charge in [0.05, 0.1) is 0 Å². The summed E-state index contributed by atoms with van der Waals surface area (Å²) in [7, 11) is 0. The minimum atomic E-state index is -1.63. The van der Waals surface area contributed by atoms with Crippen molar-refractivity contribution in [3.05, 3.63) is 0 Å². The predicted molar refractivity (Wildman–Crippen MR) is 37.1 cm³/mol. The summed E-state index contributed by atoms with van der Waals surface area (Å²) >= 11 is 0. The molecule has 0 aliphatic carbocycles. The van der Waals surface area contributed by atoms with E-state index in [1.54, 1.807) is 0 Å². The average molecular weight is 381 g/mol. The molecule has 0 aliphatic heterocycles. The van der Waals surface area contributed by atoms with Crippen LogP contribution in [-0.2, 0) is 19.2 Å². The van der Waals surface area contributed by atoms with Crippen LogP contribution in [0.25, 0.3) is 0 Å². The Hall–Kier alpha value is -0.798. The molecular weight excluding hydrogens is 375 g/mol. The van der Waals surface area contributed by atoms with Gasteiger partial charge in [-0.15, -0.1) is 0 Å². The number of aliphatic carboxylic acids is 2. The van der Waals surface area contributed by atoms with Crippen molar-refractivity contribution in [1.29, 1.82) is 0 Å². The molecule has 0 spiro atoms. The number of rotatable bonds is 2. The molecule has 0 rings (SSSR count). The fourth-order valence-electron chi connectivity index (χ4n) is 0. The molecule has 2 radical (unpaired) electrons. The average Bonchev–Trinajstić information content (AvgIpc) is 1.88. The van der Waals surface area contributed by atoms with Crippen LogP contribution < -0.4 is 10.2 Å². The molecule has 0 atom stereocenters. The van der Waals surface area contributed by atoms with Gasteiger partial charge in [0.25, 0.3) is 0 Å². The van der Waals surface area contributed by atoms with Crippen molar-refractivity contribution in [3.63, 3.8) is 0 Å². The monoisotopic (exact) mass is 382 g/mol. The number of ketones is 2. The SMILES string of the molecule is CC(=O)C(=O)[O-].CC(=O)C(=O)[O-].[Pb+2]. The van der Waals surface area contributed by atoms with E-state index in [1.165, 1.54) is 0 Å². The molecular formula is C6H6O6Pb. The minimum absolute atomic E-state index is 0. The molecule has 0 aromatic heterocycles. The summed E-state index contributed by atoms with van der Waals surface area (Å²) in [6, 6.07) is 0. The first-order valence-electron chi connectivity index (χ1n) is 2.72. The summed E-state index contributed by atoms with van der Waals surface area (Å²) in [4.78, 5) is 37.4. The van der Waals surface area contributed by atoms with E-state index in [-0.39, 0.29) is 27.3 Å². The van der Waals surface area contributed by atoms with Crippen molar-refractivity contribution in [2.24, 2.45) is 0 Å². The van der Waals surface area contributed by atoms with Crippen LogP contribution in [0.2, 0.25) is 0 Å². The van der Waals surface area contributed by atoms with Crippen LogP contribution in [0.1, 0.15) is 13.8 Å². The zero-order valence-corrected chi connectivity index (χ0v) is 10.8. The molecule has 0 saturated heterocycles. The first-order valence-corrected chi connectivity index (χ1v) is 2.72. The van der Waals surface area contributed by atoms with E-state index in [2.05, 4.69) is 0 Å². The maximum Gasteiger partial charge on any atom is 2.00 e. The largest absolute Gasteiger partial charge is 2.00 e. The number of carbonyl (C=O) groups excluding carboxylic acids is 4. The van der Waals surface area contributed by atoms with Crippen molar-refractivity contribution in [1.82, 2.24) is 0 Å². The van der Waals surface area contributed by atoms with Crippen LogP contribution in [0.3, 0.4) is 0 Å². The van der Waals surface area contributed by atoms with Crippen LogP contribution in [-0.4, -0.2) is 50.8 Å². The second kappa shape index (κ2) is 9.29. The Kier molecular flexibility index (Phi) is 12.9. The Balaban J connectivity index is -0.000000143. The third kappa shape index (κ3) is 18.3. The summed E-state index contributed by atoms with van der Waals surface area (Å²) in [5.74, 6) is -5.13. The van der Waals surface area contributed by atoms with Crippen LogP contribution in [0.5, 0.6) is 0 Å². The van der Waals surface area contributed by atoms with Gasteiger partial charge in [-0.1, -0.05) is 0 Å². The summed E-state index contributed by atoms with van der Waals surface area (Å²) in [5, 5.41) is 18.5. The molecule has 6 nitrogen and oxygen atoms in total. The van der Waals surface area contributed by atoms with Gasteiger partial charge in [0.2, 0.25) is 0 Å². The molecule has 0 bridgehead atoms. The number of carbonyl (C=O) groups is 4. The molecule has 0 amide bonds. The Morgan fingerprint density at radius 1 is 0.769 bits per heavy atom. The molecule has 0 fully saturated rings. The maximum atomic E-state index is 9.48. The molecule has 70 valence electrons. The molecule has 0 saturated carbocycles. The minimum Gasteiger partial charge on any atom is -0.542 e. The molecule has 0 unspecified atom stereocenters. The second-order valence-electron chi connectivity index (χ2n) is 1.69. The zero-order valence-electron chi connectivity index (χ0n) is 6.95. The predicted octanol–water partition coefficient (Wildman–Crippen LogP) is -3.73. The van der Waals surface area contributed by atoms with Crippen molar-refractivity contribution < 1.29 is 29.4 Å². The van der Waals surface area contributed by atoms with Gasteiger partial charge in [-0.25, -0.2) is 0 Å². The smallest absolute Gasteiger partial charge is 0.542 e. The molecule has 0 aliphatic rings. The van der Waals surface area contributed by atoms with Crippen LogP contribution in [0, 0.1) is 0 Å². The summed E-state index contributed by atoms with van der Waals surface area (Å²) in [6.07, 6.45) is 0. The fraction of sp³-hybridized carbons (Fsp3) is 0.333. The third-order valence-electron chi connectivity index (χ3n) is 0.575. The number of carboxylic acid groups (broad SMARTS) is 2. The van der Waals surface area contributed by atoms with Gasteiger partial charge in [0, 0.05) is 13.8 Å². The standard InChI is InChI=1S/2C3H4O3.Pb/c2*1-2(4)3(5)6;/h2*1H3,(H,5,6);/q;;+2/p-2. The van der Waals surface area contributed by atoms with Gasteiger partial charge < -0.3 is 19.8 Å². The zero-order chi connectivity index (χ0) is 10.3. The number of hydrogen-bond donors (Lipinski definition) is 0. The van der Waals surface area contributed by atoms with E-state index in [4.69, 9.17) is 0 Å². The normalized spacial score (nSPS) is 6.92. The van der Waals surface area contributed by atoms with Crippen LogP contribution in [0.4, 0.5) is 0 Å². The van der Waals surface area contributed by atoms with Crippen LogP contribution >= 0.6 is 0 Å². The van der Waals surface area contributed by atoms with Crippen molar-refractivity contribution in [3.8, 4) is 0 Å². The van der Waals surface area contributed by atoms with Gasteiger partial charge in [0.1, 0.15) is 11.9 Å². The van der Waals surface area contributed by atoms with Gasteiger partial charge in [-0.3, -0.25) is 9.59 Å². The Bertz CT molecular complexity index is 173. The number of carboxylic acids is 2. The van der Waals surface area contributed by atoms with Crippen molar-refractivity contribution in [2.45, 2.75) is 13.8 Å². The van der Waals surface area contributed by atoms with Gasteiger partial charge in [-0.2, -0.15) is 0 Å². The summed E-state index contributed by atoms with van der Waals surface area (Å²) in [6.45, 7) is 1.88. The van der Waals surface area contributed by atoms with E-state index >= 15 is 0 Å². The van der Waals surface area contributed by atoms with E-state index in [1.807, 2.05) is 0 Å².